The highest BCUT2D eigenvalue weighted by Gasteiger charge is 2.26. The van der Waals surface area contributed by atoms with Crippen molar-refractivity contribution >= 4 is 40.5 Å². The highest BCUT2D eigenvalue weighted by molar-refractivity contribution is 6.31. The van der Waals surface area contributed by atoms with Crippen LogP contribution in [0.5, 0.6) is 0 Å². The SMILES string of the molecule is O=C(Nc1ccc(F)c([N+](=O)[O-])c1)c1ccc(Cl)cc1N1CCCC1=O. The maximum Gasteiger partial charge on any atom is 0.306 e. The maximum absolute atomic E-state index is 13.4. The lowest BCUT2D eigenvalue weighted by Gasteiger charge is -2.19. The molecule has 0 aliphatic carbocycles. The topological polar surface area (TPSA) is 92.5 Å². The highest BCUT2D eigenvalue weighted by Crippen LogP contribution is 2.30. The molecule has 7 nitrogen and oxygen atoms in total. The van der Waals surface area contributed by atoms with Gasteiger partial charge in [0.25, 0.3) is 5.91 Å². The first-order valence-corrected chi connectivity index (χ1v) is 8.10. The Kier molecular flexibility index (Phi) is 4.85. The summed E-state index contributed by atoms with van der Waals surface area (Å²) < 4.78 is 13.4. The first-order valence-electron chi connectivity index (χ1n) is 7.72. The number of benzene rings is 2. The number of carbonyl (C=O) groups excluding carboxylic acids is 2. The Balaban J connectivity index is 1.92. The molecule has 0 bridgehead atoms. The lowest BCUT2D eigenvalue weighted by molar-refractivity contribution is -0.387. The smallest absolute Gasteiger partial charge is 0.306 e. The first kappa shape index (κ1) is 17.8. The highest BCUT2D eigenvalue weighted by atomic mass is 35.5. The normalized spacial score (nSPS) is 13.8. The number of nitro benzene ring substituents is 1. The minimum Gasteiger partial charge on any atom is -0.322 e. The van der Waals surface area contributed by atoms with Gasteiger partial charge in [0.2, 0.25) is 11.7 Å². The standard InChI is InChI=1S/C17H13ClFN3O4/c18-10-3-5-12(14(8-10)21-7-1-2-16(21)23)17(24)20-11-4-6-13(19)15(9-11)22(25)26/h3-6,8-9H,1-2,7H2,(H,20,24). The fraction of sp³-hybridized carbons (Fsp3) is 0.176. The van der Waals surface area contributed by atoms with Crippen LogP contribution in [0.25, 0.3) is 0 Å². The number of nitrogens with one attached hydrogen (secondary N) is 1. The third-order valence-electron chi connectivity index (χ3n) is 3.97. The van der Waals surface area contributed by atoms with Crippen LogP contribution in [0.4, 0.5) is 21.5 Å². The van der Waals surface area contributed by atoms with Gasteiger partial charge in [-0.15, -0.1) is 0 Å². The quantitative estimate of drug-likeness (QED) is 0.648. The number of nitrogens with zero attached hydrogens (tertiary/aromatic N) is 2. The Morgan fingerprint density at radius 1 is 1.27 bits per heavy atom. The summed E-state index contributed by atoms with van der Waals surface area (Å²) in [6.07, 6.45) is 1.06. The van der Waals surface area contributed by atoms with Crippen LogP contribution in [0.3, 0.4) is 0 Å². The van der Waals surface area contributed by atoms with Gasteiger partial charge in [-0.3, -0.25) is 19.7 Å². The number of carbonyl (C=O) groups is 2. The van der Waals surface area contributed by atoms with E-state index < -0.39 is 22.3 Å². The molecule has 1 aliphatic rings. The fourth-order valence-corrected chi connectivity index (χ4v) is 2.92. The van der Waals surface area contributed by atoms with Gasteiger partial charge in [-0.1, -0.05) is 11.6 Å². The van der Waals surface area contributed by atoms with E-state index in [1.165, 1.54) is 29.2 Å². The van der Waals surface area contributed by atoms with Crippen molar-refractivity contribution < 1.29 is 18.9 Å². The zero-order chi connectivity index (χ0) is 18.8. The van der Waals surface area contributed by atoms with Crippen LogP contribution in [-0.2, 0) is 4.79 Å². The molecule has 0 aromatic heterocycles. The molecule has 0 radical (unpaired) electrons. The molecule has 1 aliphatic heterocycles. The Morgan fingerprint density at radius 2 is 2.04 bits per heavy atom. The number of halogens is 2. The third kappa shape index (κ3) is 3.50. The lowest BCUT2D eigenvalue weighted by atomic mass is 10.1. The number of rotatable bonds is 4. The van der Waals surface area contributed by atoms with E-state index in [2.05, 4.69) is 5.32 Å². The van der Waals surface area contributed by atoms with Crippen molar-refractivity contribution in [3.8, 4) is 0 Å². The van der Waals surface area contributed by atoms with Crippen molar-refractivity contribution in [1.82, 2.24) is 0 Å². The molecule has 0 saturated carbocycles. The van der Waals surface area contributed by atoms with Crippen LogP contribution in [0.15, 0.2) is 36.4 Å². The lowest BCUT2D eigenvalue weighted by Crippen LogP contribution is -2.27. The average molecular weight is 378 g/mol. The molecule has 2 amide bonds. The number of hydrogen-bond acceptors (Lipinski definition) is 4. The van der Waals surface area contributed by atoms with Gasteiger partial charge in [0, 0.05) is 29.7 Å². The second-order valence-electron chi connectivity index (χ2n) is 5.69. The van der Waals surface area contributed by atoms with Crippen LogP contribution in [0.1, 0.15) is 23.2 Å². The summed E-state index contributed by atoms with van der Waals surface area (Å²) in [4.78, 5) is 36.1. The van der Waals surface area contributed by atoms with Crippen molar-refractivity contribution in [3.05, 3.63) is 62.9 Å². The van der Waals surface area contributed by atoms with Crippen molar-refractivity contribution in [3.63, 3.8) is 0 Å². The van der Waals surface area contributed by atoms with Gasteiger partial charge < -0.3 is 10.2 Å². The van der Waals surface area contributed by atoms with E-state index in [1.807, 2.05) is 0 Å². The molecular formula is C17H13ClFN3O4. The van der Waals surface area contributed by atoms with E-state index in [1.54, 1.807) is 0 Å². The number of hydrogen-bond donors (Lipinski definition) is 1. The van der Waals surface area contributed by atoms with Crippen molar-refractivity contribution in [2.75, 3.05) is 16.8 Å². The van der Waals surface area contributed by atoms with Crippen LogP contribution >= 0.6 is 11.6 Å². The number of nitro groups is 1. The van der Waals surface area contributed by atoms with E-state index in [9.17, 15) is 24.1 Å². The molecule has 0 spiro atoms. The van der Waals surface area contributed by atoms with E-state index >= 15 is 0 Å². The third-order valence-corrected chi connectivity index (χ3v) is 4.20. The zero-order valence-corrected chi connectivity index (χ0v) is 14.1. The van der Waals surface area contributed by atoms with Crippen molar-refractivity contribution in [2.45, 2.75) is 12.8 Å². The maximum atomic E-state index is 13.4. The Hall–Kier alpha value is -3.00. The monoisotopic (exact) mass is 377 g/mol. The minimum atomic E-state index is -0.997. The van der Waals surface area contributed by atoms with Crippen LogP contribution < -0.4 is 10.2 Å². The molecule has 1 heterocycles. The predicted octanol–water partition coefficient (Wildman–Crippen LogP) is 3.77. The average Bonchev–Trinajstić information content (AvgIpc) is 3.02. The summed E-state index contributed by atoms with van der Waals surface area (Å²) in [5, 5.41) is 13.7. The van der Waals surface area contributed by atoms with Gasteiger partial charge in [-0.25, -0.2) is 0 Å². The van der Waals surface area contributed by atoms with Gasteiger partial charge in [0.15, 0.2) is 0 Å². The molecule has 0 atom stereocenters. The second kappa shape index (κ2) is 7.09. The molecule has 134 valence electrons. The van der Waals surface area contributed by atoms with E-state index in [0.29, 0.717) is 30.1 Å². The van der Waals surface area contributed by atoms with Gasteiger partial charge in [0.1, 0.15) is 0 Å². The van der Waals surface area contributed by atoms with E-state index in [-0.39, 0.29) is 17.2 Å². The van der Waals surface area contributed by atoms with Gasteiger partial charge in [0.05, 0.1) is 16.2 Å². The molecule has 26 heavy (non-hydrogen) atoms. The summed E-state index contributed by atoms with van der Waals surface area (Å²) in [5.41, 5.74) is -0.115. The van der Waals surface area contributed by atoms with Crippen molar-refractivity contribution in [1.29, 1.82) is 0 Å². The van der Waals surface area contributed by atoms with Gasteiger partial charge in [-0.05, 0) is 36.8 Å². The minimum absolute atomic E-state index is 0.0664. The summed E-state index contributed by atoms with van der Waals surface area (Å²) in [7, 11) is 0. The molecule has 0 unspecified atom stereocenters. The summed E-state index contributed by atoms with van der Waals surface area (Å²) in [5.74, 6) is -1.70. The predicted molar refractivity (Wildman–Crippen MR) is 94.0 cm³/mol. The van der Waals surface area contributed by atoms with Crippen LogP contribution in [-0.4, -0.2) is 23.3 Å². The molecule has 2 aromatic rings. The molecule has 1 fully saturated rings. The first-order chi connectivity index (χ1) is 12.4. The molecular weight excluding hydrogens is 365 g/mol. The van der Waals surface area contributed by atoms with Gasteiger partial charge in [-0.2, -0.15) is 4.39 Å². The van der Waals surface area contributed by atoms with Crippen molar-refractivity contribution in [2.24, 2.45) is 0 Å². The van der Waals surface area contributed by atoms with Crippen LogP contribution in [0, 0.1) is 15.9 Å². The number of amides is 2. The molecule has 1 N–H and O–H groups in total. The summed E-state index contributed by atoms with van der Waals surface area (Å²) in [6, 6.07) is 7.55. The number of anilines is 2. The largest absolute Gasteiger partial charge is 0.322 e. The van der Waals surface area contributed by atoms with E-state index in [0.717, 1.165) is 12.1 Å². The van der Waals surface area contributed by atoms with Crippen LogP contribution in [0.2, 0.25) is 5.02 Å². The Bertz CT molecular complexity index is 919. The summed E-state index contributed by atoms with van der Waals surface area (Å²) in [6.45, 7) is 0.474. The van der Waals surface area contributed by atoms with E-state index in [4.69, 9.17) is 11.6 Å². The zero-order valence-electron chi connectivity index (χ0n) is 13.4. The Labute approximate surface area is 152 Å². The fourth-order valence-electron chi connectivity index (χ4n) is 2.75. The Morgan fingerprint density at radius 3 is 2.69 bits per heavy atom. The van der Waals surface area contributed by atoms with Gasteiger partial charge >= 0.3 is 5.69 Å². The summed E-state index contributed by atoms with van der Waals surface area (Å²) >= 11 is 5.99. The molecule has 2 aromatic carbocycles. The molecule has 9 heteroatoms. The second-order valence-corrected chi connectivity index (χ2v) is 6.12. The molecule has 3 rings (SSSR count). The molecule has 1 saturated heterocycles.